The second-order valence-corrected chi connectivity index (χ2v) is 2.84. The van der Waals surface area contributed by atoms with Gasteiger partial charge in [0.1, 0.15) is 11.9 Å². The van der Waals surface area contributed by atoms with Gasteiger partial charge < -0.3 is 0 Å². The van der Waals surface area contributed by atoms with Crippen molar-refractivity contribution in [2.24, 2.45) is 5.84 Å². The van der Waals surface area contributed by atoms with E-state index in [1.165, 1.54) is 18.2 Å². The monoisotopic (exact) mass is 198 g/mol. The van der Waals surface area contributed by atoms with Gasteiger partial charge in [-0.3, -0.25) is 5.84 Å². The number of nitrogens with one attached hydrogen (secondary N) is 1. The van der Waals surface area contributed by atoms with Crippen molar-refractivity contribution in [3.63, 3.8) is 0 Å². The molecule has 4 heteroatoms. The first-order chi connectivity index (χ1) is 6.19. The van der Waals surface area contributed by atoms with Crippen LogP contribution >= 0.6 is 11.6 Å². The van der Waals surface area contributed by atoms with Crippen molar-refractivity contribution in [2.75, 3.05) is 0 Å². The van der Waals surface area contributed by atoms with E-state index in [4.69, 9.17) is 23.9 Å². The summed E-state index contributed by atoms with van der Waals surface area (Å²) >= 11 is 5.79. The summed E-state index contributed by atoms with van der Waals surface area (Å²) in [5, 5.41) is 0.391. The van der Waals surface area contributed by atoms with E-state index in [2.05, 4.69) is 11.3 Å². The molecule has 0 aliphatic carbocycles. The molecule has 0 aliphatic heterocycles. The predicted molar refractivity (Wildman–Crippen MR) is 50.3 cm³/mol. The fourth-order valence-electron chi connectivity index (χ4n) is 0.964. The maximum Gasteiger partial charge on any atom is 0.123 e. The number of hydrazine groups is 1. The average molecular weight is 199 g/mol. The fraction of sp³-hybridized carbons (Fsp3) is 0.111. The van der Waals surface area contributed by atoms with Crippen molar-refractivity contribution in [3.05, 3.63) is 34.6 Å². The van der Waals surface area contributed by atoms with Gasteiger partial charge in [-0.1, -0.05) is 17.5 Å². The van der Waals surface area contributed by atoms with Gasteiger partial charge in [0.05, 0.1) is 0 Å². The minimum Gasteiger partial charge on any atom is -0.270 e. The zero-order chi connectivity index (χ0) is 9.84. The lowest BCUT2D eigenvalue weighted by molar-refractivity contribution is 0.615. The van der Waals surface area contributed by atoms with Gasteiger partial charge in [0.2, 0.25) is 0 Å². The molecule has 0 amide bonds. The van der Waals surface area contributed by atoms with Crippen LogP contribution in [0.4, 0.5) is 4.39 Å². The first-order valence-electron chi connectivity index (χ1n) is 3.56. The van der Waals surface area contributed by atoms with Gasteiger partial charge in [-0.2, -0.15) is 0 Å². The van der Waals surface area contributed by atoms with Crippen LogP contribution in [0.3, 0.4) is 0 Å². The van der Waals surface area contributed by atoms with Crippen LogP contribution in [-0.4, -0.2) is 0 Å². The summed E-state index contributed by atoms with van der Waals surface area (Å²) in [7, 11) is 0. The minimum atomic E-state index is -0.566. The molecule has 13 heavy (non-hydrogen) atoms. The van der Waals surface area contributed by atoms with Crippen molar-refractivity contribution >= 4 is 11.6 Å². The number of rotatable bonds is 2. The van der Waals surface area contributed by atoms with E-state index in [9.17, 15) is 4.39 Å². The Morgan fingerprint density at radius 2 is 2.31 bits per heavy atom. The van der Waals surface area contributed by atoms with Crippen LogP contribution in [0, 0.1) is 18.2 Å². The summed E-state index contributed by atoms with van der Waals surface area (Å²) < 4.78 is 12.8. The molecule has 0 bridgehead atoms. The van der Waals surface area contributed by atoms with E-state index < -0.39 is 11.9 Å². The quantitative estimate of drug-likeness (QED) is 0.431. The van der Waals surface area contributed by atoms with Crippen LogP contribution in [0.15, 0.2) is 18.2 Å². The highest BCUT2D eigenvalue weighted by Crippen LogP contribution is 2.22. The van der Waals surface area contributed by atoms with Crippen molar-refractivity contribution in [2.45, 2.75) is 6.04 Å². The number of hydrogen-bond donors (Lipinski definition) is 2. The Bertz CT molecular complexity index is 346. The van der Waals surface area contributed by atoms with E-state index in [-0.39, 0.29) is 0 Å². The Labute approximate surface area is 80.9 Å². The molecule has 0 heterocycles. The van der Waals surface area contributed by atoms with E-state index in [1.54, 1.807) is 0 Å². The maximum absolute atomic E-state index is 12.8. The molecule has 0 radical (unpaired) electrons. The molecule has 68 valence electrons. The van der Waals surface area contributed by atoms with Crippen LogP contribution in [0.1, 0.15) is 11.6 Å². The molecule has 0 spiro atoms. The minimum absolute atomic E-state index is 0.391. The molecular formula is C9H8ClFN2. The highest BCUT2D eigenvalue weighted by Gasteiger charge is 2.10. The van der Waals surface area contributed by atoms with Gasteiger partial charge >= 0.3 is 0 Å². The Morgan fingerprint density at radius 3 is 2.85 bits per heavy atom. The van der Waals surface area contributed by atoms with E-state index >= 15 is 0 Å². The molecule has 1 atom stereocenters. The van der Waals surface area contributed by atoms with E-state index in [0.717, 1.165) is 0 Å². The number of terminal acetylenes is 1. The maximum atomic E-state index is 12.8. The van der Waals surface area contributed by atoms with Crippen LogP contribution in [0.5, 0.6) is 0 Å². The van der Waals surface area contributed by atoms with Gasteiger partial charge in [-0.25, -0.2) is 9.82 Å². The molecule has 0 saturated heterocycles. The Balaban J connectivity index is 3.13. The van der Waals surface area contributed by atoms with Crippen LogP contribution in [0.2, 0.25) is 5.02 Å². The average Bonchev–Trinajstić information content (AvgIpc) is 2.13. The third-order valence-corrected chi connectivity index (χ3v) is 1.95. The largest absolute Gasteiger partial charge is 0.270 e. The zero-order valence-electron chi connectivity index (χ0n) is 6.72. The smallest absolute Gasteiger partial charge is 0.123 e. The normalized spacial score (nSPS) is 12.2. The van der Waals surface area contributed by atoms with Gasteiger partial charge in [0.25, 0.3) is 0 Å². The summed E-state index contributed by atoms with van der Waals surface area (Å²) in [5.74, 6) is 7.12. The van der Waals surface area contributed by atoms with E-state index in [1.807, 2.05) is 0 Å². The SMILES string of the molecule is C#CC(NN)c1cc(F)ccc1Cl. The van der Waals surface area contributed by atoms with Gasteiger partial charge in [0.15, 0.2) is 0 Å². The molecule has 0 saturated carbocycles. The first kappa shape index (κ1) is 10.0. The predicted octanol–water partition coefficient (Wildman–Crippen LogP) is 1.62. The zero-order valence-corrected chi connectivity index (χ0v) is 7.48. The lowest BCUT2D eigenvalue weighted by Crippen LogP contribution is -2.27. The molecule has 3 N–H and O–H groups in total. The van der Waals surface area contributed by atoms with Crippen molar-refractivity contribution in [1.82, 2.24) is 5.43 Å². The lowest BCUT2D eigenvalue weighted by Gasteiger charge is -2.10. The Morgan fingerprint density at radius 1 is 1.62 bits per heavy atom. The van der Waals surface area contributed by atoms with Gasteiger partial charge in [0, 0.05) is 10.6 Å². The number of nitrogens with two attached hydrogens (primary N) is 1. The van der Waals surface area contributed by atoms with Crippen molar-refractivity contribution < 1.29 is 4.39 Å². The van der Waals surface area contributed by atoms with Crippen molar-refractivity contribution in [1.29, 1.82) is 0 Å². The Kier molecular flexibility index (Phi) is 3.26. The number of benzene rings is 1. The topological polar surface area (TPSA) is 38.0 Å². The summed E-state index contributed by atoms with van der Waals surface area (Å²) in [6, 6.07) is 3.39. The van der Waals surface area contributed by atoms with Crippen LogP contribution in [-0.2, 0) is 0 Å². The summed E-state index contributed by atoms with van der Waals surface area (Å²) in [6.07, 6.45) is 5.16. The second-order valence-electron chi connectivity index (χ2n) is 2.43. The van der Waals surface area contributed by atoms with E-state index in [0.29, 0.717) is 10.6 Å². The second kappa shape index (κ2) is 4.24. The molecule has 1 unspecified atom stereocenters. The molecule has 0 aliphatic rings. The lowest BCUT2D eigenvalue weighted by atomic mass is 10.1. The highest BCUT2D eigenvalue weighted by molar-refractivity contribution is 6.31. The first-order valence-corrected chi connectivity index (χ1v) is 3.94. The molecule has 1 aromatic rings. The summed E-state index contributed by atoms with van der Waals surface area (Å²) in [5.41, 5.74) is 2.81. The Hall–Kier alpha value is -1.08. The van der Waals surface area contributed by atoms with Gasteiger partial charge in [-0.05, 0) is 18.2 Å². The van der Waals surface area contributed by atoms with Gasteiger partial charge in [-0.15, -0.1) is 6.42 Å². The fourth-order valence-corrected chi connectivity index (χ4v) is 1.19. The highest BCUT2D eigenvalue weighted by atomic mass is 35.5. The van der Waals surface area contributed by atoms with Crippen molar-refractivity contribution in [3.8, 4) is 12.3 Å². The number of hydrogen-bond acceptors (Lipinski definition) is 2. The standard InChI is InChI=1S/C9H8ClFN2/c1-2-9(13-12)7-5-6(11)3-4-8(7)10/h1,3-5,9,13H,12H2. The molecule has 1 rings (SSSR count). The molecule has 2 nitrogen and oxygen atoms in total. The van der Waals surface area contributed by atoms with Crippen LogP contribution < -0.4 is 11.3 Å². The third-order valence-electron chi connectivity index (χ3n) is 1.60. The summed E-state index contributed by atoms with van der Waals surface area (Å²) in [4.78, 5) is 0. The van der Waals surface area contributed by atoms with Crippen LogP contribution in [0.25, 0.3) is 0 Å². The molecular weight excluding hydrogens is 191 g/mol. The molecule has 0 aromatic heterocycles. The number of halogens is 2. The molecule has 0 fully saturated rings. The molecule has 1 aromatic carbocycles. The summed E-state index contributed by atoms with van der Waals surface area (Å²) in [6.45, 7) is 0. The third kappa shape index (κ3) is 2.19.